The molecule has 1 atom stereocenters. The molecule has 0 fully saturated rings. The lowest BCUT2D eigenvalue weighted by Gasteiger charge is -2.18. The number of rotatable bonds is 65. The van der Waals surface area contributed by atoms with E-state index in [9.17, 15) is 14.4 Å². The summed E-state index contributed by atoms with van der Waals surface area (Å²) in [7, 11) is 0. The number of hydrogen-bond donors (Lipinski definition) is 0. The van der Waals surface area contributed by atoms with Crippen molar-refractivity contribution >= 4 is 17.9 Å². The second-order valence-electron chi connectivity index (χ2n) is 23.8. The van der Waals surface area contributed by atoms with Gasteiger partial charge < -0.3 is 14.2 Å². The number of unbranched alkanes of at least 4 members (excludes halogenated alkanes) is 42. The molecule has 470 valence electrons. The van der Waals surface area contributed by atoms with E-state index in [0.29, 0.717) is 19.3 Å². The van der Waals surface area contributed by atoms with Crippen molar-refractivity contribution in [3.8, 4) is 0 Å². The highest BCUT2D eigenvalue weighted by Gasteiger charge is 2.19. The van der Waals surface area contributed by atoms with Crippen LogP contribution in [-0.4, -0.2) is 37.2 Å². The lowest BCUT2D eigenvalue weighted by Crippen LogP contribution is -2.30. The molecule has 6 heteroatoms. The number of esters is 3. The third-order valence-corrected chi connectivity index (χ3v) is 15.7. The van der Waals surface area contributed by atoms with Crippen molar-refractivity contribution in [3.63, 3.8) is 0 Å². The highest BCUT2D eigenvalue weighted by molar-refractivity contribution is 5.71. The van der Waals surface area contributed by atoms with Gasteiger partial charge in [0.05, 0.1) is 0 Å². The maximum absolute atomic E-state index is 12.9. The van der Waals surface area contributed by atoms with Crippen molar-refractivity contribution in [3.05, 3.63) is 72.9 Å². The van der Waals surface area contributed by atoms with Crippen molar-refractivity contribution in [2.75, 3.05) is 13.2 Å². The van der Waals surface area contributed by atoms with Crippen LogP contribution in [0.4, 0.5) is 0 Å². The molecule has 0 aromatic carbocycles. The Bertz CT molecular complexity index is 1490. The topological polar surface area (TPSA) is 78.9 Å². The number of hydrogen-bond acceptors (Lipinski definition) is 6. The number of carbonyl (C=O) groups is 3. The molecular formula is C75H134O6. The Kier molecular flexibility index (Phi) is 66.6. The maximum atomic E-state index is 12.9. The first kappa shape index (κ1) is 77.9. The second kappa shape index (κ2) is 69.3. The summed E-state index contributed by atoms with van der Waals surface area (Å²) < 4.78 is 17.0. The van der Waals surface area contributed by atoms with Crippen molar-refractivity contribution in [2.45, 2.75) is 374 Å². The summed E-state index contributed by atoms with van der Waals surface area (Å²) in [5, 5.41) is 0. The van der Waals surface area contributed by atoms with Crippen LogP contribution in [0.3, 0.4) is 0 Å². The fourth-order valence-electron chi connectivity index (χ4n) is 10.5. The Hall–Kier alpha value is -3.15. The van der Waals surface area contributed by atoms with Gasteiger partial charge in [-0.3, -0.25) is 14.4 Å². The van der Waals surface area contributed by atoms with Crippen LogP contribution in [0.25, 0.3) is 0 Å². The molecule has 81 heavy (non-hydrogen) atoms. The smallest absolute Gasteiger partial charge is 0.306 e. The summed E-state index contributed by atoms with van der Waals surface area (Å²) in [5.41, 5.74) is 0. The van der Waals surface area contributed by atoms with Crippen LogP contribution < -0.4 is 0 Å². The normalized spacial score (nSPS) is 12.5. The van der Waals surface area contributed by atoms with Crippen LogP contribution in [0.15, 0.2) is 72.9 Å². The zero-order valence-corrected chi connectivity index (χ0v) is 54.1. The average Bonchev–Trinajstić information content (AvgIpc) is 3.47. The van der Waals surface area contributed by atoms with Gasteiger partial charge in [-0.15, -0.1) is 0 Å². The third kappa shape index (κ3) is 67.5. The van der Waals surface area contributed by atoms with Gasteiger partial charge in [0.1, 0.15) is 13.2 Å². The van der Waals surface area contributed by atoms with Crippen molar-refractivity contribution in [1.82, 2.24) is 0 Å². The van der Waals surface area contributed by atoms with Gasteiger partial charge in [-0.05, 0) is 70.6 Å². The predicted molar refractivity (Wildman–Crippen MR) is 353 cm³/mol. The molecular weight excluding hydrogens is 997 g/mol. The van der Waals surface area contributed by atoms with Gasteiger partial charge in [0, 0.05) is 19.3 Å². The molecule has 0 amide bonds. The van der Waals surface area contributed by atoms with Crippen LogP contribution in [0.1, 0.15) is 367 Å². The Labute approximate surface area is 503 Å². The van der Waals surface area contributed by atoms with Crippen LogP contribution >= 0.6 is 0 Å². The highest BCUT2D eigenvalue weighted by atomic mass is 16.6. The summed E-state index contributed by atoms with van der Waals surface area (Å²) in [5.74, 6) is -0.847. The van der Waals surface area contributed by atoms with E-state index in [4.69, 9.17) is 14.2 Å². The molecule has 1 unspecified atom stereocenters. The van der Waals surface area contributed by atoms with E-state index in [1.807, 2.05) is 0 Å². The Morgan fingerprint density at radius 1 is 0.259 bits per heavy atom. The van der Waals surface area contributed by atoms with E-state index in [2.05, 4.69) is 93.7 Å². The molecule has 0 aromatic heterocycles. The molecule has 0 heterocycles. The van der Waals surface area contributed by atoms with E-state index in [1.54, 1.807) is 0 Å². The minimum atomic E-state index is -0.771. The molecule has 0 radical (unpaired) electrons. The lowest BCUT2D eigenvalue weighted by molar-refractivity contribution is -0.167. The Morgan fingerprint density at radius 2 is 0.481 bits per heavy atom. The van der Waals surface area contributed by atoms with Gasteiger partial charge in [-0.25, -0.2) is 0 Å². The van der Waals surface area contributed by atoms with Gasteiger partial charge in [0.15, 0.2) is 6.10 Å². The maximum Gasteiger partial charge on any atom is 0.306 e. The Morgan fingerprint density at radius 3 is 0.753 bits per heavy atom. The van der Waals surface area contributed by atoms with E-state index in [-0.39, 0.29) is 31.1 Å². The molecule has 0 spiro atoms. The zero-order valence-electron chi connectivity index (χ0n) is 54.1. The third-order valence-electron chi connectivity index (χ3n) is 15.7. The fraction of sp³-hybridized carbons (Fsp3) is 0.800. The largest absolute Gasteiger partial charge is 0.462 e. The summed E-state index contributed by atoms with van der Waals surface area (Å²) in [6.45, 7) is 6.57. The Balaban J connectivity index is 4.12. The van der Waals surface area contributed by atoms with Gasteiger partial charge in [0.2, 0.25) is 0 Å². The molecule has 0 aliphatic rings. The minimum absolute atomic E-state index is 0.0683. The highest BCUT2D eigenvalue weighted by Crippen LogP contribution is 2.18. The quantitative estimate of drug-likeness (QED) is 0.0261. The first-order chi connectivity index (χ1) is 40.0. The minimum Gasteiger partial charge on any atom is -0.462 e. The van der Waals surface area contributed by atoms with Crippen molar-refractivity contribution < 1.29 is 28.6 Å². The fourth-order valence-corrected chi connectivity index (χ4v) is 10.5. The summed E-state index contributed by atoms with van der Waals surface area (Å²) in [6.07, 6.45) is 90.8. The molecule has 0 aliphatic carbocycles. The summed E-state index contributed by atoms with van der Waals surface area (Å²) in [6, 6.07) is 0. The molecule has 0 aromatic rings. The van der Waals surface area contributed by atoms with E-state index < -0.39 is 6.10 Å². The zero-order chi connectivity index (χ0) is 58.5. The van der Waals surface area contributed by atoms with E-state index in [1.165, 1.54) is 231 Å². The molecule has 6 nitrogen and oxygen atoms in total. The SMILES string of the molecule is CC/C=C\C/C=C\C/C=C\C/C=C\C/C=C\C/C=C\CCCCCCCCCCCCCCCCC(=O)OCC(COC(=O)CCCCCCCCCCCC)OC(=O)CCCCCCCCCCCCCCCCCCCCCC. The first-order valence-corrected chi connectivity index (χ1v) is 35.4. The number of ether oxygens (including phenoxy) is 3. The average molecular weight is 1130 g/mol. The predicted octanol–water partition coefficient (Wildman–Crippen LogP) is 24.4. The van der Waals surface area contributed by atoms with Crippen LogP contribution in [-0.2, 0) is 28.6 Å². The van der Waals surface area contributed by atoms with Gasteiger partial charge in [-0.1, -0.05) is 351 Å². The number of carbonyl (C=O) groups excluding carboxylic acids is 3. The van der Waals surface area contributed by atoms with Crippen molar-refractivity contribution in [2.24, 2.45) is 0 Å². The molecule has 0 saturated heterocycles. The van der Waals surface area contributed by atoms with E-state index >= 15 is 0 Å². The van der Waals surface area contributed by atoms with Crippen molar-refractivity contribution in [1.29, 1.82) is 0 Å². The van der Waals surface area contributed by atoms with Gasteiger partial charge >= 0.3 is 17.9 Å². The molecule has 0 N–H and O–H groups in total. The summed E-state index contributed by atoms with van der Waals surface area (Å²) in [4.78, 5) is 38.3. The van der Waals surface area contributed by atoms with Crippen LogP contribution in [0.5, 0.6) is 0 Å². The molecule has 0 rings (SSSR count). The molecule has 0 bridgehead atoms. The number of allylic oxidation sites excluding steroid dienone is 12. The van der Waals surface area contributed by atoms with Gasteiger partial charge in [-0.2, -0.15) is 0 Å². The molecule has 0 saturated carbocycles. The summed E-state index contributed by atoms with van der Waals surface area (Å²) >= 11 is 0. The lowest BCUT2D eigenvalue weighted by atomic mass is 10.0. The molecule has 0 aliphatic heterocycles. The van der Waals surface area contributed by atoms with Crippen LogP contribution in [0.2, 0.25) is 0 Å². The second-order valence-corrected chi connectivity index (χ2v) is 23.8. The van der Waals surface area contributed by atoms with Crippen LogP contribution in [0, 0.1) is 0 Å². The van der Waals surface area contributed by atoms with E-state index in [0.717, 1.165) is 96.3 Å². The first-order valence-electron chi connectivity index (χ1n) is 35.4. The van der Waals surface area contributed by atoms with Gasteiger partial charge in [0.25, 0.3) is 0 Å². The standard InChI is InChI=1S/C75H134O6/c1-4-7-10-13-16-19-22-24-26-28-30-32-33-34-35-36-37-38-39-40-41-42-43-44-46-47-49-51-53-56-59-62-65-68-74(77)80-71-72(70-79-73(76)67-64-61-58-55-21-18-15-12-9-6-3)81-75(78)69-66-63-60-57-54-52-50-48-45-31-29-27-25-23-20-17-14-11-8-5-2/h7,10,16,19,24,26,30,32,34-35,37-38,72H,4-6,8-9,11-15,17-18,20-23,25,27-29,31,33,36,39-71H2,1-3H3/b10-7-,19-16-,26-24-,32-30-,35-34-,38-37-. The monoisotopic (exact) mass is 1130 g/mol.